The van der Waals surface area contributed by atoms with Crippen LogP contribution in [0.15, 0.2) is 203 Å². The van der Waals surface area contributed by atoms with Crippen LogP contribution in [0.25, 0.3) is 88.6 Å². The van der Waals surface area contributed by atoms with E-state index < -0.39 is 0 Å². The maximum atomic E-state index is 6.95. The summed E-state index contributed by atoms with van der Waals surface area (Å²) < 4.78 is 13.4. The van der Waals surface area contributed by atoms with Gasteiger partial charge in [-0.1, -0.05) is 153 Å². The smallest absolute Gasteiger partial charge is 0.231 e. The Hall–Kier alpha value is -7.69. The summed E-state index contributed by atoms with van der Waals surface area (Å²) in [7, 11) is 0. The first-order valence-corrected chi connectivity index (χ1v) is 20.5. The number of furan rings is 1. The highest BCUT2D eigenvalue weighted by atomic mass is 16.4. The van der Waals surface area contributed by atoms with Crippen molar-refractivity contribution >= 4 is 60.9 Å². The molecule has 12 rings (SSSR count). The molecule has 1 aliphatic carbocycles. The fourth-order valence-electron chi connectivity index (χ4n) is 9.53. The standard InChI is InChI=1S/C56H38N2O2/c1-56(2)46-18-9-8-17-43(46)44-32-31-41(34-47(44)56)58(40-29-27-38(28-30-40)37-25-23-36(24-26-37)35-13-4-3-5-14-35)49-20-12-22-51-53(49)52-42-16-7-6-15-39(42)33-45(54(52)59-51)55-57-48-19-10-11-21-50(48)60-55/h3-34H,1-2H3. The lowest BCUT2D eigenvalue weighted by atomic mass is 9.82. The van der Waals surface area contributed by atoms with E-state index in [9.17, 15) is 0 Å². The van der Waals surface area contributed by atoms with Crippen LogP contribution in [0.2, 0.25) is 0 Å². The molecule has 4 nitrogen and oxygen atoms in total. The van der Waals surface area contributed by atoms with Gasteiger partial charge in [0, 0.05) is 22.2 Å². The van der Waals surface area contributed by atoms with Crippen LogP contribution in [0.4, 0.5) is 17.1 Å². The number of benzene rings is 9. The molecule has 2 heterocycles. The van der Waals surface area contributed by atoms with E-state index in [0.717, 1.165) is 72.0 Å². The predicted octanol–water partition coefficient (Wildman–Crippen LogP) is 15.7. The number of para-hydroxylation sites is 2. The first-order valence-electron chi connectivity index (χ1n) is 20.5. The van der Waals surface area contributed by atoms with E-state index in [2.05, 4.69) is 189 Å². The monoisotopic (exact) mass is 770 g/mol. The molecule has 0 unspecified atom stereocenters. The van der Waals surface area contributed by atoms with Crippen LogP contribution in [0.3, 0.4) is 0 Å². The Balaban J connectivity index is 1.07. The van der Waals surface area contributed by atoms with E-state index in [0.29, 0.717) is 5.89 Å². The van der Waals surface area contributed by atoms with Crippen molar-refractivity contribution in [2.45, 2.75) is 19.3 Å². The molecule has 0 fully saturated rings. The summed E-state index contributed by atoms with van der Waals surface area (Å²) in [6.45, 7) is 4.68. The van der Waals surface area contributed by atoms with Crippen LogP contribution >= 0.6 is 0 Å². The zero-order valence-corrected chi connectivity index (χ0v) is 33.2. The minimum atomic E-state index is -0.164. The zero-order chi connectivity index (χ0) is 40.0. The van der Waals surface area contributed by atoms with Gasteiger partial charge < -0.3 is 13.7 Å². The van der Waals surface area contributed by atoms with Crippen molar-refractivity contribution in [3.63, 3.8) is 0 Å². The number of nitrogens with zero attached hydrogens (tertiary/aromatic N) is 2. The first kappa shape index (κ1) is 34.4. The van der Waals surface area contributed by atoms with Gasteiger partial charge in [-0.25, -0.2) is 4.98 Å². The largest absolute Gasteiger partial charge is 0.455 e. The zero-order valence-electron chi connectivity index (χ0n) is 33.2. The third-order valence-electron chi connectivity index (χ3n) is 12.5. The molecule has 284 valence electrons. The van der Waals surface area contributed by atoms with Crippen molar-refractivity contribution in [2.75, 3.05) is 4.90 Å². The van der Waals surface area contributed by atoms with Gasteiger partial charge in [0.2, 0.25) is 5.89 Å². The van der Waals surface area contributed by atoms with E-state index in [1.165, 1.54) is 38.9 Å². The van der Waals surface area contributed by atoms with E-state index >= 15 is 0 Å². The van der Waals surface area contributed by atoms with Gasteiger partial charge in [-0.2, -0.15) is 0 Å². The number of rotatable bonds is 6. The molecular weight excluding hydrogens is 733 g/mol. The van der Waals surface area contributed by atoms with E-state index in [-0.39, 0.29) is 5.41 Å². The van der Waals surface area contributed by atoms with E-state index in [4.69, 9.17) is 13.8 Å². The van der Waals surface area contributed by atoms with Gasteiger partial charge in [0.05, 0.1) is 16.6 Å². The van der Waals surface area contributed by atoms with Gasteiger partial charge in [-0.05, 0) is 110 Å². The predicted molar refractivity (Wildman–Crippen MR) is 247 cm³/mol. The molecular formula is C56H38N2O2. The molecule has 0 N–H and O–H groups in total. The number of aromatic nitrogens is 1. The maximum Gasteiger partial charge on any atom is 0.231 e. The summed E-state index contributed by atoms with van der Waals surface area (Å²) in [6.07, 6.45) is 0. The summed E-state index contributed by atoms with van der Waals surface area (Å²) in [4.78, 5) is 7.35. The van der Waals surface area contributed by atoms with E-state index in [1.807, 2.05) is 24.3 Å². The quantitative estimate of drug-likeness (QED) is 0.169. The van der Waals surface area contributed by atoms with Gasteiger partial charge in [0.25, 0.3) is 0 Å². The first-order chi connectivity index (χ1) is 29.5. The van der Waals surface area contributed by atoms with Crippen LogP contribution in [-0.2, 0) is 5.41 Å². The maximum absolute atomic E-state index is 6.95. The fraction of sp³-hybridized carbons (Fsp3) is 0.0536. The van der Waals surface area contributed by atoms with Crippen LogP contribution in [0, 0.1) is 0 Å². The Morgan fingerprint density at radius 3 is 1.88 bits per heavy atom. The molecule has 0 radical (unpaired) electrons. The van der Waals surface area contributed by atoms with Gasteiger partial charge in [0.1, 0.15) is 16.7 Å². The average molecular weight is 771 g/mol. The Morgan fingerprint density at radius 1 is 0.450 bits per heavy atom. The summed E-state index contributed by atoms with van der Waals surface area (Å²) in [5.74, 6) is 0.539. The number of oxazole rings is 1. The molecule has 60 heavy (non-hydrogen) atoms. The summed E-state index contributed by atoms with van der Waals surface area (Å²) >= 11 is 0. The number of fused-ring (bicyclic) bond motifs is 9. The molecule has 0 aliphatic heterocycles. The second kappa shape index (κ2) is 13.2. The average Bonchev–Trinajstić information content (AvgIpc) is 3.98. The molecule has 0 bridgehead atoms. The summed E-state index contributed by atoms with van der Waals surface area (Å²) in [6, 6.07) is 69.1. The molecule has 0 spiro atoms. The fourth-order valence-corrected chi connectivity index (χ4v) is 9.53. The van der Waals surface area contributed by atoms with Crippen molar-refractivity contribution in [3.05, 3.63) is 205 Å². The summed E-state index contributed by atoms with van der Waals surface area (Å²) in [5.41, 5.74) is 16.9. The molecule has 1 aliphatic rings. The van der Waals surface area contributed by atoms with Crippen molar-refractivity contribution < 1.29 is 8.83 Å². The molecule has 0 saturated heterocycles. The molecule has 9 aromatic carbocycles. The van der Waals surface area contributed by atoms with Crippen LogP contribution in [0.1, 0.15) is 25.0 Å². The molecule has 0 saturated carbocycles. The van der Waals surface area contributed by atoms with Crippen LogP contribution in [-0.4, -0.2) is 4.98 Å². The SMILES string of the molecule is CC1(C)c2ccccc2-c2ccc(N(c3ccc(-c4ccc(-c5ccccc5)cc4)cc3)c3cccc4oc5c(-c6nc7ccccc7o6)cc6ccccc6c5c34)cc21. The Kier molecular flexibility index (Phi) is 7.54. The molecule has 4 heteroatoms. The van der Waals surface area contributed by atoms with Crippen molar-refractivity contribution in [1.29, 1.82) is 0 Å². The second-order valence-corrected chi connectivity index (χ2v) is 16.3. The van der Waals surface area contributed by atoms with Gasteiger partial charge in [-0.15, -0.1) is 0 Å². The topological polar surface area (TPSA) is 42.4 Å². The highest BCUT2D eigenvalue weighted by Crippen LogP contribution is 2.52. The van der Waals surface area contributed by atoms with Crippen molar-refractivity contribution in [3.8, 4) is 44.8 Å². The molecule has 0 atom stereocenters. The Labute approximate surface area is 347 Å². The number of anilines is 3. The minimum absolute atomic E-state index is 0.164. The molecule has 11 aromatic rings. The third kappa shape index (κ3) is 5.27. The highest BCUT2D eigenvalue weighted by molar-refractivity contribution is 6.26. The molecule has 2 aromatic heterocycles. The normalized spacial score (nSPS) is 13.0. The van der Waals surface area contributed by atoms with Crippen molar-refractivity contribution in [1.82, 2.24) is 4.98 Å². The van der Waals surface area contributed by atoms with Crippen LogP contribution in [0.5, 0.6) is 0 Å². The highest BCUT2D eigenvalue weighted by Gasteiger charge is 2.36. The second-order valence-electron chi connectivity index (χ2n) is 16.3. The van der Waals surface area contributed by atoms with Gasteiger partial charge in [0.15, 0.2) is 5.58 Å². The van der Waals surface area contributed by atoms with Crippen molar-refractivity contribution in [2.24, 2.45) is 0 Å². The number of hydrogen-bond donors (Lipinski definition) is 0. The minimum Gasteiger partial charge on any atom is -0.455 e. The Morgan fingerprint density at radius 2 is 1.08 bits per heavy atom. The third-order valence-corrected chi connectivity index (χ3v) is 12.5. The Bertz CT molecular complexity index is 3410. The van der Waals surface area contributed by atoms with E-state index in [1.54, 1.807) is 0 Å². The van der Waals surface area contributed by atoms with Crippen LogP contribution < -0.4 is 4.90 Å². The van der Waals surface area contributed by atoms with Gasteiger partial charge in [-0.3, -0.25) is 0 Å². The van der Waals surface area contributed by atoms with Gasteiger partial charge >= 0.3 is 0 Å². The lowest BCUT2D eigenvalue weighted by molar-refractivity contribution is 0.615. The lowest BCUT2D eigenvalue weighted by Crippen LogP contribution is -2.16. The number of hydrogen-bond acceptors (Lipinski definition) is 4. The molecule has 0 amide bonds. The summed E-state index contributed by atoms with van der Waals surface area (Å²) in [5, 5.41) is 4.26. The lowest BCUT2D eigenvalue weighted by Gasteiger charge is -2.29.